The summed E-state index contributed by atoms with van der Waals surface area (Å²) < 4.78 is 55.8. The van der Waals surface area contributed by atoms with Crippen molar-refractivity contribution in [2.45, 2.75) is 36.4 Å². The predicted octanol–water partition coefficient (Wildman–Crippen LogP) is 7.63. The van der Waals surface area contributed by atoms with Crippen molar-refractivity contribution in [1.29, 1.82) is 0 Å². The van der Waals surface area contributed by atoms with Gasteiger partial charge >= 0.3 is 6.18 Å². The molecule has 0 amide bonds. The minimum absolute atomic E-state index is 0.218. The monoisotopic (exact) mass is 477 g/mol. The summed E-state index contributed by atoms with van der Waals surface area (Å²) in [6, 6.07) is 11.4. The SMILES string of the molecule is Cc1nn(-c2nc(-c3cccc(C(F)(F)F)c3)c(SC(C)C)s2)cc1-c1cccc(F)c1. The van der Waals surface area contributed by atoms with Crippen molar-refractivity contribution >= 4 is 23.1 Å². The van der Waals surface area contributed by atoms with Crippen LogP contribution < -0.4 is 0 Å². The first-order valence-corrected chi connectivity index (χ1v) is 11.5. The molecule has 0 bridgehead atoms. The normalized spacial score (nSPS) is 12.0. The van der Waals surface area contributed by atoms with Crippen LogP contribution in [0, 0.1) is 12.7 Å². The van der Waals surface area contributed by atoms with Gasteiger partial charge in [-0.25, -0.2) is 14.1 Å². The lowest BCUT2D eigenvalue weighted by molar-refractivity contribution is -0.137. The number of hydrogen-bond donors (Lipinski definition) is 0. The molecule has 0 radical (unpaired) electrons. The zero-order valence-corrected chi connectivity index (χ0v) is 19.1. The Kier molecular flexibility index (Phi) is 6.13. The van der Waals surface area contributed by atoms with Gasteiger partial charge in [-0.1, -0.05) is 49.4 Å². The third-order valence-electron chi connectivity index (χ3n) is 4.62. The molecule has 3 nitrogen and oxygen atoms in total. The van der Waals surface area contributed by atoms with Gasteiger partial charge in [-0.15, -0.1) is 11.8 Å². The average molecular weight is 478 g/mol. The van der Waals surface area contributed by atoms with Crippen LogP contribution in [0.3, 0.4) is 0 Å². The van der Waals surface area contributed by atoms with Gasteiger partial charge in [0.2, 0.25) is 5.13 Å². The van der Waals surface area contributed by atoms with Crippen LogP contribution >= 0.6 is 23.1 Å². The summed E-state index contributed by atoms with van der Waals surface area (Å²) in [5, 5.41) is 5.28. The first kappa shape index (κ1) is 22.5. The van der Waals surface area contributed by atoms with E-state index in [2.05, 4.69) is 10.1 Å². The molecule has 0 unspecified atom stereocenters. The molecule has 0 atom stereocenters. The fourth-order valence-corrected chi connectivity index (χ4v) is 5.66. The van der Waals surface area contributed by atoms with E-state index in [1.54, 1.807) is 40.8 Å². The maximum absolute atomic E-state index is 13.7. The van der Waals surface area contributed by atoms with Gasteiger partial charge in [-0.05, 0) is 36.8 Å². The molecule has 0 saturated heterocycles. The molecule has 0 spiro atoms. The third-order valence-corrected chi connectivity index (χ3v) is 6.88. The number of thiazole rings is 1. The maximum atomic E-state index is 13.7. The van der Waals surface area contributed by atoms with Crippen molar-refractivity contribution < 1.29 is 17.6 Å². The Morgan fingerprint density at radius 2 is 1.75 bits per heavy atom. The Morgan fingerprint density at radius 3 is 2.44 bits per heavy atom. The Hall–Kier alpha value is -2.65. The van der Waals surface area contributed by atoms with E-state index in [0.717, 1.165) is 21.9 Å². The van der Waals surface area contributed by atoms with Crippen LogP contribution in [-0.2, 0) is 6.18 Å². The van der Waals surface area contributed by atoms with Gasteiger partial charge in [0.15, 0.2) is 0 Å². The number of benzene rings is 2. The molecule has 0 aliphatic carbocycles. The lowest BCUT2D eigenvalue weighted by Gasteiger charge is -2.09. The number of alkyl halides is 3. The summed E-state index contributed by atoms with van der Waals surface area (Å²) in [4.78, 5) is 4.65. The summed E-state index contributed by atoms with van der Waals surface area (Å²) >= 11 is 2.91. The van der Waals surface area contributed by atoms with E-state index in [-0.39, 0.29) is 11.1 Å². The van der Waals surface area contributed by atoms with E-state index >= 15 is 0 Å². The second kappa shape index (κ2) is 8.71. The number of rotatable bonds is 5. The highest BCUT2D eigenvalue weighted by atomic mass is 32.2. The van der Waals surface area contributed by atoms with E-state index in [0.29, 0.717) is 27.6 Å². The molecular weight excluding hydrogens is 458 g/mol. The van der Waals surface area contributed by atoms with Crippen molar-refractivity contribution in [1.82, 2.24) is 14.8 Å². The van der Waals surface area contributed by atoms with Gasteiger partial charge in [0, 0.05) is 22.6 Å². The molecule has 166 valence electrons. The van der Waals surface area contributed by atoms with Crippen molar-refractivity contribution in [2.75, 3.05) is 0 Å². The second-order valence-corrected chi connectivity index (χ2v) is 10.3. The quantitative estimate of drug-likeness (QED) is 0.219. The molecule has 0 fully saturated rings. The molecular formula is C23H19F4N3S2. The minimum atomic E-state index is -4.43. The largest absolute Gasteiger partial charge is 0.416 e. The first-order valence-electron chi connectivity index (χ1n) is 9.79. The Labute approximate surface area is 191 Å². The van der Waals surface area contributed by atoms with Gasteiger partial charge in [0.1, 0.15) is 5.82 Å². The van der Waals surface area contributed by atoms with Crippen LogP contribution in [-0.4, -0.2) is 20.0 Å². The van der Waals surface area contributed by atoms with E-state index in [9.17, 15) is 17.6 Å². The smallest absolute Gasteiger partial charge is 0.217 e. The van der Waals surface area contributed by atoms with Gasteiger partial charge in [0.25, 0.3) is 0 Å². The number of hydrogen-bond acceptors (Lipinski definition) is 4. The molecule has 2 aromatic carbocycles. The Morgan fingerprint density at radius 1 is 1.03 bits per heavy atom. The van der Waals surface area contributed by atoms with E-state index in [1.807, 2.05) is 20.8 Å². The third kappa shape index (κ3) is 4.73. The Bertz CT molecular complexity index is 1260. The molecule has 0 saturated carbocycles. The molecule has 4 aromatic rings. The molecule has 2 heterocycles. The summed E-state index contributed by atoms with van der Waals surface area (Å²) in [5.41, 5.74) is 2.34. The van der Waals surface area contributed by atoms with Crippen LogP contribution in [0.2, 0.25) is 0 Å². The van der Waals surface area contributed by atoms with Crippen LogP contribution in [0.5, 0.6) is 0 Å². The first-order chi connectivity index (χ1) is 15.1. The maximum Gasteiger partial charge on any atom is 0.416 e. The standard InChI is InChI=1S/C23H19F4N3S2/c1-13(2)31-21-20(16-7-4-8-17(10-16)23(25,26)27)28-22(32-21)30-12-19(14(3)29-30)15-6-5-9-18(24)11-15/h4-13H,1-3H3. The molecule has 0 aliphatic heterocycles. The fraction of sp³-hybridized carbons (Fsp3) is 0.217. The predicted molar refractivity (Wildman–Crippen MR) is 121 cm³/mol. The lowest BCUT2D eigenvalue weighted by Crippen LogP contribution is -2.04. The molecule has 2 aromatic heterocycles. The average Bonchev–Trinajstić information content (AvgIpc) is 3.30. The summed E-state index contributed by atoms with van der Waals surface area (Å²) in [7, 11) is 0. The molecule has 9 heteroatoms. The highest BCUT2D eigenvalue weighted by molar-refractivity contribution is 8.01. The highest BCUT2D eigenvalue weighted by Gasteiger charge is 2.31. The lowest BCUT2D eigenvalue weighted by atomic mass is 10.1. The van der Waals surface area contributed by atoms with E-state index in [1.165, 1.54) is 29.5 Å². The number of nitrogens with zero attached hydrogens (tertiary/aromatic N) is 3. The molecule has 0 aliphatic rings. The zero-order valence-electron chi connectivity index (χ0n) is 17.4. The van der Waals surface area contributed by atoms with Crippen LogP contribution in [0.15, 0.2) is 58.9 Å². The van der Waals surface area contributed by atoms with Gasteiger partial charge in [-0.3, -0.25) is 0 Å². The van der Waals surface area contributed by atoms with Gasteiger partial charge < -0.3 is 0 Å². The van der Waals surface area contributed by atoms with Crippen molar-refractivity contribution in [3.8, 4) is 27.5 Å². The number of aryl methyl sites for hydroxylation is 1. The van der Waals surface area contributed by atoms with Crippen LogP contribution in [0.25, 0.3) is 27.5 Å². The van der Waals surface area contributed by atoms with Gasteiger partial charge in [-0.2, -0.15) is 18.3 Å². The van der Waals surface area contributed by atoms with E-state index < -0.39 is 11.7 Å². The topological polar surface area (TPSA) is 30.7 Å². The summed E-state index contributed by atoms with van der Waals surface area (Å²) in [6.45, 7) is 5.85. The summed E-state index contributed by atoms with van der Waals surface area (Å²) in [6.07, 6.45) is -2.66. The Balaban J connectivity index is 1.79. The van der Waals surface area contributed by atoms with E-state index in [4.69, 9.17) is 0 Å². The van der Waals surface area contributed by atoms with Crippen LogP contribution in [0.1, 0.15) is 25.1 Å². The number of halogens is 4. The van der Waals surface area contributed by atoms with Crippen LogP contribution in [0.4, 0.5) is 17.6 Å². The van der Waals surface area contributed by atoms with Crippen molar-refractivity contribution in [3.05, 3.63) is 71.8 Å². The highest BCUT2D eigenvalue weighted by Crippen LogP contribution is 2.41. The van der Waals surface area contributed by atoms with Crippen molar-refractivity contribution in [2.24, 2.45) is 0 Å². The minimum Gasteiger partial charge on any atom is -0.217 e. The number of aromatic nitrogens is 3. The zero-order chi connectivity index (χ0) is 23.0. The molecule has 4 rings (SSSR count). The fourth-order valence-electron chi connectivity index (χ4n) is 3.21. The van der Waals surface area contributed by atoms with Gasteiger partial charge in [0.05, 0.1) is 21.2 Å². The number of thioether (sulfide) groups is 1. The molecule has 0 N–H and O–H groups in total. The molecule has 32 heavy (non-hydrogen) atoms. The van der Waals surface area contributed by atoms with Crippen molar-refractivity contribution in [3.63, 3.8) is 0 Å². The second-order valence-electron chi connectivity index (χ2n) is 7.46. The summed E-state index contributed by atoms with van der Waals surface area (Å²) in [5.74, 6) is -0.341.